The predicted molar refractivity (Wildman–Crippen MR) is 453 cm³/mol. The van der Waals surface area contributed by atoms with Crippen LogP contribution < -0.4 is 9.80 Å². The largest absolute Gasteiger partial charge is 0.310 e. The van der Waals surface area contributed by atoms with E-state index in [0.29, 0.717) is 0 Å². The van der Waals surface area contributed by atoms with Crippen LogP contribution in [0.2, 0.25) is 0 Å². The summed E-state index contributed by atoms with van der Waals surface area (Å²) >= 11 is 0. The molecule has 23 rings (SSSR count). The van der Waals surface area contributed by atoms with E-state index in [9.17, 15) is 0 Å². The van der Waals surface area contributed by atoms with Crippen LogP contribution in [-0.4, -0.2) is 18.3 Å². The first-order valence-electron chi connectivity index (χ1n) is 37.7. The third-order valence-corrected chi connectivity index (χ3v) is 24.4. The molecule has 1 aliphatic carbocycles. The Bertz CT molecular complexity index is 6720. The maximum Gasteiger partial charge on any atom is 0.0542 e. The Morgan fingerprint density at radius 3 is 0.778 bits per heavy atom. The van der Waals surface area contributed by atoms with E-state index in [4.69, 9.17) is 0 Å². The number of rotatable bonds is 6. The molecule has 0 spiro atoms. The molecule has 0 unspecified atom stereocenters. The fraction of sp³-hybridized carbons (Fsp3) is 0.0588. The molecule has 20 aromatic rings. The zero-order valence-electron chi connectivity index (χ0n) is 60.2. The van der Waals surface area contributed by atoms with Gasteiger partial charge in [-0.15, -0.1) is 0 Å². The van der Waals surface area contributed by atoms with Gasteiger partial charge in [-0.25, -0.2) is 0 Å². The number of fused-ring (bicyclic) bond motifs is 24. The van der Waals surface area contributed by atoms with Gasteiger partial charge in [0.05, 0.1) is 66.9 Å². The highest BCUT2D eigenvalue weighted by Crippen LogP contribution is 2.61. The molecule has 0 N–H and O–H groups in total. The molecule has 16 aromatic carbocycles. The second-order valence-electron chi connectivity index (χ2n) is 30.8. The molecule has 3 aliphatic rings. The van der Waals surface area contributed by atoms with Gasteiger partial charge in [0.1, 0.15) is 0 Å². The van der Waals surface area contributed by atoms with Crippen LogP contribution in [0.5, 0.6) is 0 Å². The van der Waals surface area contributed by atoms with Gasteiger partial charge in [0.25, 0.3) is 0 Å². The first-order valence-corrected chi connectivity index (χ1v) is 37.7. The Morgan fingerprint density at radius 2 is 0.426 bits per heavy atom. The predicted octanol–water partition coefficient (Wildman–Crippen LogP) is 27.3. The van der Waals surface area contributed by atoms with Crippen molar-refractivity contribution in [3.8, 4) is 67.3 Å². The number of hydrogen-bond acceptors (Lipinski definition) is 2. The van der Waals surface area contributed by atoms with Crippen molar-refractivity contribution in [1.82, 2.24) is 18.3 Å². The molecule has 0 bridgehead atoms. The van der Waals surface area contributed by atoms with E-state index in [1.807, 2.05) is 0 Å². The van der Waals surface area contributed by atoms with E-state index in [1.165, 1.54) is 144 Å². The Hall–Kier alpha value is -13.7. The van der Waals surface area contributed by atoms with Crippen LogP contribution in [0.15, 0.2) is 352 Å². The molecule has 6 nitrogen and oxygen atoms in total. The normalized spacial score (nSPS) is 13.9. The molecule has 6 heteroatoms. The molecule has 0 saturated carbocycles. The molecule has 0 saturated heterocycles. The van der Waals surface area contributed by atoms with Gasteiger partial charge < -0.3 is 28.1 Å². The summed E-state index contributed by atoms with van der Waals surface area (Å²) in [6.45, 7) is 9.73. The van der Waals surface area contributed by atoms with Gasteiger partial charge in [-0.05, 0) is 224 Å². The molecule has 0 atom stereocenters. The van der Waals surface area contributed by atoms with Crippen molar-refractivity contribution in [3.05, 3.63) is 374 Å². The Kier molecular flexibility index (Phi) is 12.6. The number of hydrogen-bond donors (Lipinski definition) is 0. The van der Waals surface area contributed by atoms with Crippen molar-refractivity contribution in [2.24, 2.45) is 0 Å². The summed E-state index contributed by atoms with van der Waals surface area (Å²) in [7, 11) is 0. The van der Waals surface area contributed by atoms with Crippen LogP contribution in [0.1, 0.15) is 49.9 Å². The first-order chi connectivity index (χ1) is 53.1. The van der Waals surface area contributed by atoms with Crippen LogP contribution in [0.4, 0.5) is 34.1 Å². The lowest BCUT2D eigenvalue weighted by molar-refractivity contribution is 0.632. The number of benzene rings is 16. The van der Waals surface area contributed by atoms with Gasteiger partial charge in [0.2, 0.25) is 0 Å². The van der Waals surface area contributed by atoms with E-state index in [0.717, 1.165) is 67.3 Å². The number of nitrogens with zero attached hydrogens (tertiary/aromatic N) is 6. The highest BCUT2D eigenvalue weighted by Gasteiger charge is 2.42. The molecular weight excluding hydrogens is 1310 g/mol. The van der Waals surface area contributed by atoms with Gasteiger partial charge in [0, 0.05) is 88.0 Å². The minimum Gasteiger partial charge on any atom is -0.310 e. The summed E-state index contributed by atoms with van der Waals surface area (Å²) in [5.74, 6) is 0. The summed E-state index contributed by atoms with van der Waals surface area (Å²) in [5, 5.41) is 9.80. The van der Waals surface area contributed by atoms with Gasteiger partial charge in [-0.1, -0.05) is 222 Å². The molecule has 6 heterocycles. The number of anilines is 6. The smallest absolute Gasteiger partial charge is 0.0542 e. The van der Waals surface area contributed by atoms with E-state index in [2.05, 4.69) is 408 Å². The van der Waals surface area contributed by atoms with Crippen LogP contribution in [0.25, 0.3) is 154 Å². The average Bonchev–Trinajstić information content (AvgIpc) is 0.936. The Labute approximate surface area is 625 Å². The Morgan fingerprint density at radius 1 is 0.167 bits per heavy atom. The van der Waals surface area contributed by atoms with E-state index in [1.54, 1.807) is 0 Å². The summed E-state index contributed by atoms with van der Waals surface area (Å²) < 4.78 is 9.94. The van der Waals surface area contributed by atoms with Crippen molar-refractivity contribution in [2.75, 3.05) is 9.80 Å². The Balaban J connectivity index is 0.822. The van der Waals surface area contributed by atoms with Gasteiger partial charge in [-0.2, -0.15) is 0 Å². The monoisotopic (exact) mass is 1380 g/mol. The molecule has 108 heavy (non-hydrogen) atoms. The zero-order chi connectivity index (χ0) is 71.4. The lowest BCUT2D eigenvalue weighted by atomic mass is 9.69. The lowest BCUT2D eigenvalue weighted by Crippen LogP contribution is -2.31. The van der Waals surface area contributed by atoms with Gasteiger partial charge in [0.15, 0.2) is 0 Å². The lowest BCUT2D eigenvalue weighted by Gasteiger charge is -2.43. The highest BCUT2D eigenvalue weighted by atomic mass is 15.2. The SMILES string of the molecule is CC1(C)c2ccccc2N(c2ccccc2)c2cc3c(cc21)-c1ccc(-n2c4ccccc4c4cc(-n5c6ccccc6c6ccccc65)ccc42)cc1-c1cc2c(cc1-c1ccc(-n4c5ccccc5c5cc(-n6c7ccccc7c7ccccc76)ccc54)cc1-3)C(C)(C)c1ccccc1N2c1ccccc1. The highest BCUT2D eigenvalue weighted by molar-refractivity contribution is 6.16. The standard InChI is InChI=1S/C102H70N6/c1-101(2)85-37-17-25-45-97(85)103(63-27-7-5-8-28-63)99-61-81-78-56-66(108-94-44-24-16-36-76(94)84-58-68(50-54-96(84)108)106-91-41-21-13-33-73(91)74-34-14-22-42-92(74)106)48-52-70(78)80-60-88-100(104(64-29-9-6-10-30-64)98-46-26-18-38-86(98)102(88,3)4)62-82(80)77-55-65(47-51-69(77)79(81)59-87(99)101)107-93-43-23-15-35-75(93)83-57-67(49-53-95(83)107)105-89-39-19-11-31-71(89)72-32-12-20-40-90(72)105/h5-62H,1-4H3. The van der Waals surface area contributed by atoms with Crippen molar-refractivity contribution in [1.29, 1.82) is 0 Å². The molecule has 508 valence electrons. The average molecular weight is 1380 g/mol. The molecular formula is C102H70N6. The molecule has 4 aromatic heterocycles. The van der Waals surface area contributed by atoms with Crippen LogP contribution in [0, 0.1) is 0 Å². The minimum atomic E-state index is -0.409. The maximum absolute atomic E-state index is 2.60. The minimum absolute atomic E-state index is 0.409. The molecule has 0 fully saturated rings. The zero-order valence-corrected chi connectivity index (χ0v) is 60.2. The summed E-state index contributed by atoms with van der Waals surface area (Å²) in [4.78, 5) is 5.06. The topological polar surface area (TPSA) is 26.2 Å². The van der Waals surface area contributed by atoms with Crippen LogP contribution in [0.3, 0.4) is 0 Å². The number of para-hydroxylation sites is 10. The van der Waals surface area contributed by atoms with E-state index in [-0.39, 0.29) is 0 Å². The van der Waals surface area contributed by atoms with Crippen LogP contribution >= 0.6 is 0 Å². The maximum atomic E-state index is 2.60. The van der Waals surface area contributed by atoms with E-state index < -0.39 is 10.8 Å². The molecule has 0 radical (unpaired) electrons. The molecule has 0 amide bonds. The van der Waals surface area contributed by atoms with Gasteiger partial charge in [-0.3, -0.25) is 0 Å². The van der Waals surface area contributed by atoms with E-state index >= 15 is 0 Å². The fourth-order valence-electron chi connectivity index (χ4n) is 19.5. The summed E-state index contributed by atoms with van der Waals surface area (Å²) in [6, 6.07) is 133. The summed E-state index contributed by atoms with van der Waals surface area (Å²) in [5.41, 5.74) is 34.4. The van der Waals surface area contributed by atoms with Crippen molar-refractivity contribution in [2.45, 2.75) is 38.5 Å². The van der Waals surface area contributed by atoms with Crippen molar-refractivity contribution < 1.29 is 0 Å². The third kappa shape index (κ3) is 8.42. The second kappa shape index (κ2) is 22.4. The summed E-state index contributed by atoms with van der Waals surface area (Å²) in [6.07, 6.45) is 0. The second-order valence-corrected chi connectivity index (χ2v) is 30.8. The molecule has 2 aliphatic heterocycles. The first kappa shape index (κ1) is 60.7. The number of aromatic nitrogens is 4. The van der Waals surface area contributed by atoms with Crippen molar-refractivity contribution >= 4 is 121 Å². The quantitative estimate of drug-likeness (QED) is 0.166. The van der Waals surface area contributed by atoms with Gasteiger partial charge >= 0.3 is 0 Å². The van der Waals surface area contributed by atoms with Crippen molar-refractivity contribution in [3.63, 3.8) is 0 Å². The third-order valence-electron chi connectivity index (χ3n) is 24.4. The fourth-order valence-corrected chi connectivity index (χ4v) is 19.5. The van der Waals surface area contributed by atoms with Crippen LogP contribution in [-0.2, 0) is 10.8 Å².